The quantitative estimate of drug-likeness (QED) is 0.583. The Balaban J connectivity index is 4.05. The topological polar surface area (TPSA) is 35.5 Å². The van der Waals surface area contributed by atoms with E-state index in [1.165, 1.54) is 6.08 Å². The van der Waals surface area contributed by atoms with Crippen molar-refractivity contribution in [3.63, 3.8) is 0 Å². The molecule has 3 nitrogen and oxygen atoms in total. The van der Waals surface area contributed by atoms with Crippen LogP contribution in [0.2, 0.25) is 0 Å². The molecular formula is C14H26O3. The Bertz CT molecular complexity index is 254. The van der Waals surface area contributed by atoms with Gasteiger partial charge in [-0.15, -0.1) is 0 Å². The second kappa shape index (κ2) is 6.92. The molecule has 0 aromatic heterocycles. The lowest BCUT2D eigenvalue weighted by atomic mass is 10.0. The molecule has 0 saturated heterocycles. The minimum atomic E-state index is -0.789. The van der Waals surface area contributed by atoms with Crippen LogP contribution in [0.4, 0.5) is 0 Å². The van der Waals surface area contributed by atoms with Crippen LogP contribution in [0, 0.1) is 0 Å². The molecule has 100 valence electrons. The van der Waals surface area contributed by atoms with Gasteiger partial charge < -0.3 is 9.47 Å². The molecule has 17 heavy (non-hydrogen) atoms. The average molecular weight is 242 g/mol. The maximum absolute atomic E-state index is 11.5. The molecule has 0 saturated carbocycles. The molecular weight excluding hydrogens is 216 g/mol. The molecule has 0 aliphatic carbocycles. The second-order valence-electron chi connectivity index (χ2n) is 5.29. The predicted molar refractivity (Wildman–Crippen MR) is 70.2 cm³/mol. The predicted octanol–water partition coefficient (Wildman–Crippen LogP) is 3.13. The molecule has 0 amide bonds. The minimum Gasteiger partial charge on any atom is -0.375 e. The summed E-state index contributed by atoms with van der Waals surface area (Å²) in [6, 6.07) is 0. The van der Waals surface area contributed by atoms with E-state index in [0.717, 1.165) is 19.4 Å². The molecule has 0 spiro atoms. The van der Waals surface area contributed by atoms with Gasteiger partial charge in [0, 0.05) is 6.61 Å². The van der Waals surface area contributed by atoms with Crippen molar-refractivity contribution >= 4 is 5.78 Å². The standard InChI is InChI=1S/C14H26O3/c1-7-10-16-13(3,4)9-11-17-14(5,6)12(15)8-2/h8H,2,7,9-11H2,1,3-6H3. The van der Waals surface area contributed by atoms with E-state index in [1.54, 1.807) is 13.8 Å². The van der Waals surface area contributed by atoms with Crippen molar-refractivity contribution in [3.05, 3.63) is 12.7 Å². The summed E-state index contributed by atoms with van der Waals surface area (Å²) in [5, 5.41) is 0. The summed E-state index contributed by atoms with van der Waals surface area (Å²) >= 11 is 0. The zero-order valence-corrected chi connectivity index (χ0v) is 11.8. The second-order valence-corrected chi connectivity index (χ2v) is 5.29. The van der Waals surface area contributed by atoms with E-state index < -0.39 is 5.60 Å². The van der Waals surface area contributed by atoms with E-state index in [4.69, 9.17) is 9.47 Å². The summed E-state index contributed by atoms with van der Waals surface area (Å²) in [7, 11) is 0. The zero-order valence-electron chi connectivity index (χ0n) is 11.8. The molecule has 0 aromatic rings. The summed E-state index contributed by atoms with van der Waals surface area (Å²) in [5.41, 5.74) is -0.994. The van der Waals surface area contributed by atoms with Crippen LogP contribution in [0.15, 0.2) is 12.7 Å². The van der Waals surface area contributed by atoms with Crippen molar-refractivity contribution in [3.8, 4) is 0 Å². The number of hydrogen-bond acceptors (Lipinski definition) is 3. The van der Waals surface area contributed by atoms with Gasteiger partial charge in [0.15, 0.2) is 5.78 Å². The van der Waals surface area contributed by atoms with Gasteiger partial charge in [-0.2, -0.15) is 0 Å². The summed E-state index contributed by atoms with van der Waals surface area (Å²) < 4.78 is 11.3. The van der Waals surface area contributed by atoms with Crippen molar-refractivity contribution in [2.45, 2.75) is 58.7 Å². The van der Waals surface area contributed by atoms with E-state index in [1.807, 2.05) is 13.8 Å². The molecule has 0 rings (SSSR count). The Morgan fingerprint density at radius 1 is 1.18 bits per heavy atom. The summed E-state index contributed by atoms with van der Waals surface area (Å²) in [5.74, 6) is -0.0928. The normalized spacial score (nSPS) is 12.5. The fraction of sp³-hybridized carbons (Fsp3) is 0.786. The van der Waals surface area contributed by atoms with E-state index in [0.29, 0.717) is 6.61 Å². The summed E-state index contributed by atoms with van der Waals surface area (Å²) in [6.45, 7) is 14.4. The lowest BCUT2D eigenvalue weighted by molar-refractivity contribution is -0.137. The van der Waals surface area contributed by atoms with Crippen molar-refractivity contribution in [2.24, 2.45) is 0 Å². The number of ether oxygens (including phenoxy) is 2. The van der Waals surface area contributed by atoms with Crippen LogP contribution in [0.5, 0.6) is 0 Å². The van der Waals surface area contributed by atoms with E-state index in [9.17, 15) is 4.79 Å². The molecule has 0 atom stereocenters. The molecule has 0 aliphatic heterocycles. The Morgan fingerprint density at radius 3 is 2.24 bits per heavy atom. The fourth-order valence-electron chi connectivity index (χ4n) is 1.32. The lowest BCUT2D eigenvalue weighted by Gasteiger charge is -2.28. The molecule has 3 heteroatoms. The third-order valence-corrected chi connectivity index (χ3v) is 2.64. The number of rotatable bonds is 9. The fourth-order valence-corrected chi connectivity index (χ4v) is 1.32. The first-order valence-corrected chi connectivity index (χ1v) is 6.20. The number of carbonyl (C=O) groups is 1. The third-order valence-electron chi connectivity index (χ3n) is 2.64. The summed E-state index contributed by atoms with van der Waals surface area (Å²) in [4.78, 5) is 11.5. The monoisotopic (exact) mass is 242 g/mol. The highest BCUT2D eigenvalue weighted by atomic mass is 16.5. The highest BCUT2D eigenvalue weighted by Gasteiger charge is 2.27. The Kier molecular flexibility index (Phi) is 6.65. The first-order chi connectivity index (χ1) is 7.75. The molecule has 0 fully saturated rings. The molecule has 0 heterocycles. The number of hydrogen-bond donors (Lipinski definition) is 0. The highest BCUT2D eigenvalue weighted by molar-refractivity contribution is 5.95. The molecule has 0 bridgehead atoms. The van der Waals surface area contributed by atoms with E-state index >= 15 is 0 Å². The van der Waals surface area contributed by atoms with Gasteiger partial charge in [0.25, 0.3) is 0 Å². The van der Waals surface area contributed by atoms with Gasteiger partial charge in [-0.3, -0.25) is 4.79 Å². The molecule has 0 aromatic carbocycles. The van der Waals surface area contributed by atoms with Gasteiger partial charge in [-0.05, 0) is 46.6 Å². The molecule has 0 N–H and O–H groups in total. The number of carbonyl (C=O) groups excluding carboxylic acids is 1. The molecule has 0 unspecified atom stereocenters. The van der Waals surface area contributed by atoms with Crippen LogP contribution < -0.4 is 0 Å². The zero-order chi connectivity index (χ0) is 13.5. The Morgan fingerprint density at radius 2 is 1.76 bits per heavy atom. The summed E-state index contributed by atoms with van der Waals surface area (Å²) in [6.07, 6.45) is 3.07. The van der Waals surface area contributed by atoms with Crippen LogP contribution in [-0.4, -0.2) is 30.2 Å². The van der Waals surface area contributed by atoms with Crippen LogP contribution in [0.3, 0.4) is 0 Å². The van der Waals surface area contributed by atoms with Crippen LogP contribution in [0.25, 0.3) is 0 Å². The maximum atomic E-state index is 11.5. The van der Waals surface area contributed by atoms with Crippen molar-refractivity contribution in [1.29, 1.82) is 0 Å². The van der Waals surface area contributed by atoms with Gasteiger partial charge in [0.2, 0.25) is 0 Å². The lowest BCUT2D eigenvalue weighted by Crippen LogP contribution is -2.36. The van der Waals surface area contributed by atoms with Crippen LogP contribution in [-0.2, 0) is 14.3 Å². The first-order valence-electron chi connectivity index (χ1n) is 6.20. The van der Waals surface area contributed by atoms with Gasteiger partial charge in [0.1, 0.15) is 5.60 Å². The van der Waals surface area contributed by atoms with Gasteiger partial charge in [-0.25, -0.2) is 0 Å². The molecule has 0 aliphatic rings. The van der Waals surface area contributed by atoms with Crippen molar-refractivity contribution in [1.82, 2.24) is 0 Å². The minimum absolute atomic E-state index is 0.0928. The number of ketones is 1. The average Bonchev–Trinajstić information content (AvgIpc) is 2.24. The Hall–Kier alpha value is -0.670. The van der Waals surface area contributed by atoms with Crippen LogP contribution in [0.1, 0.15) is 47.5 Å². The molecule has 0 radical (unpaired) electrons. The van der Waals surface area contributed by atoms with Crippen LogP contribution >= 0.6 is 0 Å². The third kappa shape index (κ3) is 6.59. The SMILES string of the molecule is C=CC(=O)C(C)(C)OCCC(C)(C)OCCC. The van der Waals surface area contributed by atoms with Gasteiger partial charge in [-0.1, -0.05) is 13.5 Å². The van der Waals surface area contributed by atoms with E-state index in [2.05, 4.69) is 13.5 Å². The maximum Gasteiger partial charge on any atom is 0.186 e. The van der Waals surface area contributed by atoms with Crippen molar-refractivity contribution in [2.75, 3.05) is 13.2 Å². The smallest absolute Gasteiger partial charge is 0.186 e. The van der Waals surface area contributed by atoms with Gasteiger partial charge in [0.05, 0.1) is 12.2 Å². The first kappa shape index (κ1) is 16.3. The largest absolute Gasteiger partial charge is 0.375 e. The van der Waals surface area contributed by atoms with E-state index in [-0.39, 0.29) is 11.4 Å². The van der Waals surface area contributed by atoms with Gasteiger partial charge >= 0.3 is 0 Å². The highest BCUT2D eigenvalue weighted by Crippen LogP contribution is 2.18. The Labute approximate surface area is 105 Å². The van der Waals surface area contributed by atoms with Crippen molar-refractivity contribution < 1.29 is 14.3 Å².